The third-order valence-corrected chi connectivity index (χ3v) is 6.50. The molecule has 2 heterocycles. The molecule has 0 aromatic carbocycles. The fourth-order valence-corrected chi connectivity index (χ4v) is 6.18. The summed E-state index contributed by atoms with van der Waals surface area (Å²) in [6, 6.07) is 0. The standard InChI is InChI=1S/C16H25NO.ClHO4/c1-11-8-12-9-15(18)14-5-3-7-17-6-2-4-13(12)16(14,17)10-11;2-1(3,4)5/h11-14H,2-10H2,1H3;(H,2,3,4,5)/t11-,12+,13-,14-,16-;/m1./s1. The molecular weight excluding hydrogens is 322 g/mol. The van der Waals surface area contributed by atoms with Crippen molar-refractivity contribution in [3.63, 3.8) is 0 Å². The first-order valence-corrected chi connectivity index (χ1v) is 9.89. The van der Waals surface area contributed by atoms with Crippen LogP contribution in [-0.4, -0.2) is 34.0 Å². The number of rotatable bonds is 0. The van der Waals surface area contributed by atoms with Crippen LogP contribution in [0.15, 0.2) is 0 Å². The van der Waals surface area contributed by atoms with Crippen LogP contribution in [0.5, 0.6) is 0 Å². The molecule has 4 fully saturated rings. The molecule has 6 nitrogen and oxygen atoms in total. The maximum absolute atomic E-state index is 12.5. The quantitative estimate of drug-likeness (QED) is 0.586. The normalized spacial score (nSPS) is 43.3. The lowest BCUT2D eigenvalue weighted by Gasteiger charge is -2.65. The molecule has 0 amide bonds. The predicted molar refractivity (Wildman–Crippen MR) is 73.5 cm³/mol. The zero-order valence-corrected chi connectivity index (χ0v) is 14.3. The van der Waals surface area contributed by atoms with E-state index in [1.54, 1.807) is 0 Å². The highest BCUT2D eigenvalue weighted by Crippen LogP contribution is 2.59. The maximum Gasteiger partial charge on any atom is 0.138 e. The van der Waals surface area contributed by atoms with E-state index in [1.807, 2.05) is 0 Å². The Morgan fingerprint density at radius 3 is 2.48 bits per heavy atom. The van der Waals surface area contributed by atoms with Crippen LogP contribution in [0.1, 0.15) is 51.9 Å². The van der Waals surface area contributed by atoms with Crippen molar-refractivity contribution in [1.82, 2.24) is 4.90 Å². The van der Waals surface area contributed by atoms with Gasteiger partial charge >= 0.3 is 0 Å². The first-order chi connectivity index (χ1) is 10.7. The van der Waals surface area contributed by atoms with Crippen molar-refractivity contribution >= 4 is 5.78 Å². The Morgan fingerprint density at radius 1 is 1.22 bits per heavy atom. The van der Waals surface area contributed by atoms with E-state index in [1.165, 1.54) is 51.6 Å². The van der Waals surface area contributed by atoms with Gasteiger partial charge in [0.2, 0.25) is 0 Å². The second-order valence-corrected chi connectivity index (χ2v) is 8.59. The van der Waals surface area contributed by atoms with Crippen molar-refractivity contribution in [3.8, 4) is 0 Å². The summed E-state index contributed by atoms with van der Waals surface area (Å²) < 4.78 is 32.7. The number of carbonyl (C=O) groups excluding carboxylic acids is 1. The highest BCUT2D eigenvalue weighted by molar-refractivity contribution is 5.84. The van der Waals surface area contributed by atoms with E-state index >= 15 is 0 Å². The third-order valence-electron chi connectivity index (χ3n) is 6.50. The van der Waals surface area contributed by atoms with E-state index in [0.717, 1.165) is 24.2 Å². The molecule has 0 unspecified atom stereocenters. The number of Topliss-reactive ketones (excluding diaryl/α,β-unsaturated/α-hetero) is 1. The largest absolute Gasteiger partial charge is 0.299 e. The summed E-state index contributed by atoms with van der Waals surface area (Å²) in [6.45, 7) is 4.95. The van der Waals surface area contributed by atoms with Crippen molar-refractivity contribution < 1.29 is 33.7 Å². The van der Waals surface area contributed by atoms with E-state index < -0.39 is 10.2 Å². The molecule has 2 saturated carbocycles. The lowest BCUT2D eigenvalue weighted by Crippen LogP contribution is -2.71. The highest BCUT2D eigenvalue weighted by atomic mass is 35.7. The minimum absolute atomic E-state index is 0.314. The number of halogens is 1. The fourth-order valence-electron chi connectivity index (χ4n) is 6.18. The fraction of sp³-hybridized carbons (Fsp3) is 0.938. The van der Waals surface area contributed by atoms with E-state index in [2.05, 4.69) is 11.8 Å². The van der Waals surface area contributed by atoms with E-state index in [9.17, 15) is 4.79 Å². The minimum atomic E-state index is -4.69. The summed E-state index contributed by atoms with van der Waals surface area (Å²) in [5, 5.41) is 0. The molecule has 1 N–H and O–H groups in total. The average molecular weight is 348 g/mol. The summed E-state index contributed by atoms with van der Waals surface area (Å²) in [4.78, 5) is 15.3. The van der Waals surface area contributed by atoms with Crippen LogP contribution in [0.2, 0.25) is 0 Å². The SMILES string of the molecule is C[C@@H]1C[C@H]2CC(=O)[C@H]3CCCN4CCC[C@H]2[C@]34C1.[O-][Cl+3]([O-])([O-])O. The van der Waals surface area contributed by atoms with E-state index in [-0.39, 0.29) is 0 Å². The molecule has 23 heavy (non-hydrogen) atoms. The smallest absolute Gasteiger partial charge is 0.138 e. The molecule has 0 aromatic rings. The number of piperidine rings is 2. The highest BCUT2D eigenvalue weighted by Gasteiger charge is 2.62. The van der Waals surface area contributed by atoms with E-state index in [4.69, 9.17) is 18.6 Å². The van der Waals surface area contributed by atoms with Crippen LogP contribution in [0.4, 0.5) is 0 Å². The Balaban J connectivity index is 0.000000276. The number of hydrogen-bond acceptors (Lipinski definition) is 6. The second kappa shape index (κ2) is 6.24. The van der Waals surface area contributed by atoms with Gasteiger partial charge in [-0.1, -0.05) is 6.92 Å². The van der Waals surface area contributed by atoms with Crippen LogP contribution >= 0.6 is 0 Å². The van der Waals surface area contributed by atoms with Gasteiger partial charge < -0.3 is 0 Å². The molecule has 5 atom stereocenters. The number of nitrogens with zero attached hydrogens (tertiary/aromatic N) is 1. The topological polar surface area (TPSA) is 110 Å². The van der Waals surface area contributed by atoms with Gasteiger partial charge in [0.15, 0.2) is 0 Å². The van der Waals surface area contributed by atoms with Gasteiger partial charge in [-0.15, -0.1) is 0 Å². The minimum Gasteiger partial charge on any atom is -0.299 e. The van der Waals surface area contributed by atoms with Gasteiger partial charge in [0.25, 0.3) is 0 Å². The van der Waals surface area contributed by atoms with Crippen molar-refractivity contribution in [3.05, 3.63) is 0 Å². The van der Waals surface area contributed by atoms with Gasteiger partial charge in [-0.05, 0) is 69.4 Å². The molecule has 0 radical (unpaired) electrons. The molecule has 4 aliphatic rings. The number of ketones is 1. The second-order valence-electron chi connectivity index (χ2n) is 7.79. The lowest BCUT2D eigenvalue weighted by atomic mass is 9.48. The molecule has 1 spiro atoms. The third kappa shape index (κ3) is 3.30. The Labute approximate surface area is 139 Å². The Hall–Kier alpha value is -0.240. The van der Waals surface area contributed by atoms with Crippen LogP contribution in [-0.2, 0) is 4.79 Å². The van der Waals surface area contributed by atoms with Crippen molar-refractivity contribution in [2.45, 2.75) is 57.4 Å². The summed E-state index contributed by atoms with van der Waals surface area (Å²) in [5.41, 5.74) is 0.314. The van der Waals surface area contributed by atoms with Gasteiger partial charge in [0.1, 0.15) is 5.78 Å². The zero-order valence-electron chi connectivity index (χ0n) is 13.6. The zero-order chi connectivity index (χ0) is 16.8. The molecule has 2 aliphatic heterocycles. The molecule has 2 bridgehead atoms. The molecular formula is C16H26ClNO5. The van der Waals surface area contributed by atoms with Gasteiger partial charge in [0, 0.05) is 17.9 Å². The molecule has 2 aliphatic carbocycles. The lowest BCUT2D eigenvalue weighted by molar-refractivity contribution is -1.92. The van der Waals surface area contributed by atoms with Crippen LogP contribution < -0.4 is 14.0 Å². The average Bonchev–Trinajstić information content (AvgIpc) is 2.41. The van der Waals surface area contributed by atoms with Crippen LogP contribution in [0.3, 0.4) is 0 Å². The maximum atomic E-state index is 12.5. The first-order valence-electron chi connectivity index (χ1n) is 8.63. The summed E-state index contributed by atoms with van der Waals surface area (Å²) in [6.07, 6.45) is 8.75. The monoisotopic (exact) mass is 347 g/mol. The van der Waals surface area contributed by atoms with Crippen molar-refractivity contribution in [2.75, 3.05) is 13.1 Å². The Morgan fingerprint density at radius 2 is 1.83 bits per heavy atom. The summed E-state index contributed by atoms with van der Waals surface area (Å²) in [5.74, 6) is 3.43. The molecule has 4 rings (SSSR count). The number of carbonyl (C=O) groups is 1. The van der Waals surface area contributed by atoms with Crippen molar-refractivity contribution in [1.29, 1.82) is 0 Å². The molecule has 2 saturated heterocycles. The Kier molecular flexibility index (Phi) is 4.77. The van der Waals surface area contributed by atoms with Gasteiger partial charge in [-0.2, -0.15) is 14.0 Å². The van der Waals surface area contributed by atoms with Gasteiger partial charge in [-0.3, -0.25) is 9.69 Å². The summed E-state index contributed by atoms with van der Waals surface area (Å²) in [7, 11) is -4.69. The van der Waals surface area contributed by atoms with Crippen LogP contribution in [0, 0.1) is 33.9 Å². The first kappa shape index (κ1) is 17.6. The predicted octanol–water partition coefficient (Wildman–Crippen LogP) is -1.26. The van der Waals surface area contributed by atoms with Crippen molar-refractivity contribution in [2.24, 2.45) is 23.7 Å². The van der Waals surface area contributed by atoms with Gasteiger partial charge in [0.05, 0.1) is 14.9 Å². The van der Waals surface area contributed by atoms with Crippen LogP contribution in [0.25, 0.3) is 0 Å². The number of hydrogen-bond donors (Lipinski definition) is 1. The molecule has 132 valence electrons. The molecule has 0 aromatic heterocycles. The summed E-state index contributed by atoms with van der Waals surface area (Å²) >= 11 is 0. The van der Waals surface area contributed by atoms with Gasteiger partial charge in [-0.25, -0.2) is 0 Å². The van der Waals surface area contributed by atoms with E-state index in [0.29, 0.717) is 17.2 Å². The Bertz CT molecular complexity index is 460. The molecule has 7 heteroatoms.